The standard InChI is InChI=1S/C35H65O10P/c1-3-5-7-9-11-13-14-15-16-17-19-21-23-25-27-35(39)45-33(31-44-46(40,41)43-29-32(37)28-36)30-42-34(38)26-24-22-20-18-12-10-8-6-4-2/h9,11,14-15,32-33,36-37H,3-8,10,12-13,16-31H2,1-2H3,(H,40,41)/b11-9-,15-14-. The Morgan fingerprint density at radius 1 is 0.652 bits per heavy atom. The number of ether oxygens (including phenoxy) is 2. The van der Waals surface area contributed by atoms with Crippen molar-refractivity contribution in [2.75, 3.05) is 26.4 Å². The van der Waals surface area contributed by atoms with E-state index in [1.165, 1.54) is 44.9 Å². The SMILES string of the molecule is CCCC/C=C\C/C=C\CCCCCCCC(=O)OC(COC(=O)CCCCCCCCCCC)COP(=O)(O)OCC(O)CO. The van der Waals surface area contributed by atoms with Crippen LogP contribution in [0, 0.1) is 0 Å². The zero-order valence-electron chi connectivity index (χ0n) is 28.8. The topological polar surface area (TPSA) is 149 Å². The van der Waals surface area contributed by atoms with E-state index in [2.05, 4.69) is 42.7 Å². The van der Waals surface area contributed by atoms with Gasteiger partial charge in [-0.05, 0) is 38.5 Å². The Morgan fingerprint density at radius 2 is 1.15 bits per heavy atom. The van der Waals surface area contributed by atoms with E-state index in [1.54, 1.807) is 0 Å². The van der Waals surface area contributed by atoms with Crippen molar-refractivity contribution < 1.29 is 47.8 Å². The Balaban J connectivity index is 4.43. The third-order valence-corrected chi connectivity index (χ3v) is 8.31. The van der Waals surface area contributed by atoms with Gasteiger partial charge in [-0.1, -0.05) is 122 Å². The predicted octanol–water partition coefficient (Wildman–Crippen LogP) is 8.27. The van der Waals surface area contributed by atoms with E-state index < -0.39 is 51.8 Å². The molecule has 0 aliphatic carbocycles. The molecule has 3 unspecified atom stereocenters. The van der Waals surface area contributed by atoms with Gasteiger partial charge in [0.25, 0.3) is 0 Å². The highest BCUT2D eigenvalue weighted by atomic mass is 31.2. The molecule has 0 bridgehead atoms. The fraction of sp³-hybridized carbons (Fsp3) is 0.829. The molecule has 0 aromatic rings. The van der Waals surface area contributed by atoms with Gasteiger partial charge in [-0.2, -0.15) is 0 Å². The number of allylic oxidation sites excluding steroid dienone is 4. The molecule has 10 nitrogen and oxygen atoms in total. The second kappa shape index (κ2) is 32.0. The van der Waals surface area contributed by atoms with Crippen molar-refractivity contribution in [2.45, 2.75) is 161 Å². The van der Waals surface area contributed by atoms with Crippen LogP contribution in [0.15, 0.2) is 24.3 Å². The molecule has 0 amide bonds. The van der Waals surface area contributed by atoms with Crippen LogP contribution in [-0.4, -0.2) is 65.7 Å². The number of aliphatic hydroxyl groups excluding tert-OH is 2. The molecule has 0 aliphatic heterocycles. The molecule has 0 spiro atoms. The monoisotopic (exact) mass is 676 g/mol. The zero-order valence-corrected chi connectivity index (χ0v) is 29.7. The van der Waals surface area contributed by atoms with Crippen molar-refractivity contribution in [1.29, 1.82) is 0 Å². The normalized spacial score (nSPS) is 14.5. The van der Waals surface area contributed by atoms with Gasteiger partial charge in [-0.25, -0.2) is 4.57 Å². The number of carbonyl (C=O) groups excluding carboxylic acids is 2. The van der Waals surface area contributed by atoms with E-state index in [0.29, 0.717) is 12.8 Å². The summed E-state index contributed by atoms with van der Waals surface area (Å²) in [5.74, 6) is -0.945. The summed E-state index contributed by atoms with van der Waals surface area (Å²) in [5, 5.41) is 18.2. The molecule has 0 radical (unpaired) electrons. The van der Waals surface area contributed by atoms with Crippen LogP contribution < -0.4 is 0 Å². The van der Waals surface area contributed by atoms with Gasteiger partial charge in [0.2, 0.25) is 0 Å². The van der Waals surface area contributed by atoms with E-state index in [1.807, 2.05) is 0 Å². The number of phosphoric acid groups is 1. The van der Waals surface area contributed by atoms with Gasteiger partial charge in [-0.15, -0.1) is 0 Å². The van der Waals surface area contributed by atoms with Gasteiger partial charge in [0.15, 0.2) is 6.10 Å². The fourth-order valence-corrected chi connectivity index (χ4v) is 5.33. The van der Waals surface area contributed by atoms with Crippen molar-refractivity contribution in [3.63, 3.8) is 0 Å². The first-order valence-corrected chi connectivity index (χ1v) is 19.3. The number of hydrogen-bond acceptors (Lipinski definition) is 9. The van der Waals surface area contributed by atoms with Crippen LogP contribution in [0.2, 0.25) is 0 Å². The lowest BCUT2D eigenvalue weighted by molar-refractivity contribution is -0.161. The quantitative estimate of drug-likeness (QED) is 0.0268. The fourth-order valence-electron chi connectivity index (χ4n) is 4.54. The third-order valence-electron chi connectivity index (χ3n) is 7.36. The Morgan fingerprint density at radius 3 is 1.74 bits per heavy atom. The first-order valence-electron chi connectivity index (χ1n) is 17.8. The summed E-state index contributed by atoms with van der Waals surface area (Å²) < 4.78 is 32.4. The van der Waals surface area contributed by atoms with Gasteiger partial charge in [0.05, 0.1) is 19.8 Å². The molecule has 0 saturated heterocycles. The second-order valence-electron chi connectivity index (χ2n) is 11.9. The highest BCUT2D eigenvalue weighted by Gasteiger charge is 2.27. The van der Waals surface area contributed by atoms with E-state index >= 15 is 0 Å². The molecule has 11 heteroatoms. The molecule has 3 N–H and O–H groups in total. The first-order chi connectivity index (χ1) is 22.2. The second-order valence-corrected chi connectivity index (χ2v) is 13.4. The maximum absolute atomic E-state index is 12.5. The van der Waals surface area contributed by atoms with Crippen LogP contribution in [-0.2, 0) is 32.7 Å². The number of unbranched alkanes of at least 4 members (excludes halogenated alkanes) is 15. The summed E-state index contributed by atoms with van der Waals surface area (Å²) in [6, 6.07) is 0. The van der Waals surface area contributed by atoms with Crippen LogP contribution in [0.4, 0.5) is 0 Å². The van der Waals surface area contributed by atoms with E-state index in [0.717, 1.165) is 64.2 Å². The average Bonchev–Trinajstić information content (AvgIpc) is 3.04. The molecule has 46 heavy (non-hydrogen) atoms. The summed E-state index contributed by atoms with van der Waals surface area (Å²) in [4.78, 5) is 34.6. The highest BCUT2D eigenvalue weighted by molar-refractivity contribution is 7.47. The summed E-state index contributed by atoms with van der Waals surface area (Å²) in [6.45, 7) is 2.27. The molecule has 0 fully saturated rings. The number of phosphoric ester groups is 1. The molecule has 0 heterocycles. The van der Waals surface area contributed by atoms with Gasteiger partial charge < -0.3 is 24.6 Å². The molecular formula is C35H65O10P. The predicted molar refractivity (Wildman–Crippen MR) is 182 cm³/mol. The van der Waals surface area contributed by atoms with Gasteiger partial charge >= 0.3 is 19.8 Å². The largest absolute Gasteiger partial charge is 0.472 e. The summed E-state index contributed by atoms with van der Waals surface area (Å²) in [7, 11) is -4.61. The van der Waals surface area contributed by atoms with E-state index in [9.17, 15) is 24.2 Å². The van der Waals surface area contributed by atoms with Crippen LogP contribution >= 0.6 is 7.82 Å². The number of hydrogen-bond donors (Lipinski definition) is 3. The van der Waals surface area contributed by atoms with Gasteiger partial charge in [0.1, 0.15) is 12.7 Å². The summed E-state index contributed by atoms with van der Waals surface area (Å²) >= 11 is 0. The van der Waals surface area contributed by atoms with Gasteiger partial charge in [-0.3, -0.25) is 18.6 Å². The number of rotatable bonds is 33. The summed E-state index contributed by atoms with van der Waals surface area (Å²) in [5.41, 5.74) is 0. The lowest BCUT2D eigenvalue weighted by atomic mass is 10.1. The van der Waals surface area contributed by atoms with Crippen molar-refractivity contribution in [3.8, 4) is 0 Å². The van der Waals surface area contributed by atoms with E-state index in [-0.39, 0.29) is 19.4 Å². The molecule has 0 aliphatic rings. The molecule has 0 rings (SSSR count). The van der Waals surface area contributed by atoms with Crippen LogP contribution in [0.5, 0.6) is 0 Å². The van der Waals surface area contributed by atoms with Crippen molar-refractivity contribution in [2.24, 2.45) is 0 Å². The molecular weight excluding hydrogens is 611 g/mol. The van der Waals surface area contributed by atoms with Crippen molar-refractivity contribution in [1.82, 2.24) is 0 Å². The molecule has 0 aromatic heterocycles. The van der Waals surface area contributed by atoms with E-state index in [4.69, 9.17) is 19.1 Å². The van der Waals surface area contributed by atoms with Crippen LogP contribution in [0.1, 0.15) is 149 Å². The average molecular weight is 677 g/mol. The third kappa shape index (κ3) is 31.1. The minimum atomic E-state index is -4.61. The lowest BCUT2D eigenvalue weighted by Crippen LogP contribution is -2.29. The lowest BCUT2D eigenvalue weighted by Gasteiger charge is -2.20. The Labute approximate surface area is 278 Å². The Hall–Kier alpha value is -1.55. The Kier molecular flexibility index (Phi) is 30.9. The minimum absolute atomic E-state index is 0.170. The number of esters is 2. The summed E-state index contributed by atoms with van der Waals surface area (Å²) in [6.07, 6.45) is 27.3. The van der Waals surface area contributed by atoms with Crippen LogP contribution in [0.3, 0.4) is 0 Å². The maximum Gasteiger partial charge on any atom is 0.472 e. The van der Waals surface area contributed by atoms with Gasteiger partial charge in [0, 0.05) is 12.8 Å². The molecule has 0 aromatic carbocycles. The zero-order chi connectivity index (χ0) is 34.1. The molecule has 3 atom stereocenters. The number of aliphatic hydroxyl groups is 2. The van der Waals surface area contributed by atoms with Crippen molar-refractivity contribution >= 4 is 19.8 Å². The van der Waals surface area contributed by atoms with Crippen molar-refractivity contribution in [3.05, 3.63) is 24.3 Å². The van der Waals surface area contributed by atoms with Crippen LogP contribution in [0.25, 0.3) is 0 Å². The minimum Gasteiger partial charge on any atom is -0.462 e. The number of carbonyl (C=O) groups is 2. The Bertz CT molecular complexity index is 832. The molecule has 0 saturated carbocycles. The first kappa shape index (κ1) is 44.5. The highest BCUT2D eigenvalue weighted by Crippen LogP contribution is 2.43. The smallest absolute Gasteiger partial charge is 0.462 e. The molecule has 270 valence electrons. The maximum atomic E-state index is 12.5.